The van der Waals surface area contributed by atoms with Crippen LogP contribution in [0.25, 0.3) is 16.7 Å². The fourth-order valence-corrected chi connectivity index (χ4v) is 3.50. The summed E-state index contributed by atoms with van der Waals surface area (Å²) >= 11 is 0. The first-order valence-corrected chi connectivity index (χ1v) is 9.63. The average Bonchev–Trinajstić information content (AvgIpc) is 3.54. The molecule has 144 valence electrons. The lowest BCUT2D eigenvalue weighted by atomic mass is 10.1. The molecular formula is C23H20N4O2. The number of benzene rings is 2. The normalized spacial score (nSPS) is 13.4. The van der Waals surface area contributed by atoms with Crippen LogP contribution in [0.5, 0.6) is 5.75 Å². The fraction of sp³-hybridized carbons (Fsp3) is 0.174. The highest BCUT2D eigenvalue weighted by molar-refractivity contribution is 6.06. The van der Waals surface area contributed by atoms with Crippen molar-refractivity contribution in [3.05, 3.63) is 78.1 Å². The SMILES string of the molecule is COc1ccccc1NC(=O)c1cnc2c(c1)c(C1CC1)nn2-c1ccccc1. The molecule has 0 spiro atoms. The van der Waals surface area contributed by atoms with Gasteiger partial charge in [-0.15, -0.1) is 0 Å². The number of carbonyl (C=O) groups is 1. The zero-order chi connectivity index (χ0) is 19.8. The number of hydrogen-bond donors (Lipinski definition) is 1. The number of nitrogens with one attached hydrogen (secondary N) is 1. The van der Waals surface area contributed by atoms with E-state index in [1.54, 1.807) is 13.3 Å². The highest BCUT2D eigenvalue weighted by Gasteiger charge is 2.30. The summed E-state index contributed by atoms with van der Waals surface area (Å²) in [5, 5.41) is 8.68. The van der Waals surface area contributed by atoms with Gasteiger partial charge in [-0.25, -0.2) is 9.67 Å². The molecule has 6 heteroatoms. The van der Waals surface area contributed by atoms with Crippen LogP contribution in [-0.2, 0) is 0 Å². The number of ether oxygens (including phenoxy) is 1. The topological polar surface area (TPSA) is 69.0 Å². The summed E-state index contributed by atoms with van der Waals surface area (Å²) in [4.78, 5) is 17.5. The first kappa shape index (κ1) is 17.4. The number of anilines is 1. The first-order chi connectivity index (χ1) is 14.2. The summed E-state index contributed by atoms with van der Waals surface area (Å²) in [5.74, 6) is 0.834. The van der Waals surface area contributed by atoms with Crippen molar-refractivity contribution < 1.29 is 9.53 Å². The molecule has 4 aromatic rings. The van der Waals surface area contributed by atoms with Crippen LogP contribution >= 0.6 is 0 Å². The molecule has 6 nitrogen and oxygen atoms in total. The zero-order valence-electron chi connectivity index (χ0n) is 16.0. The van der Waals surface area contributed by atoms with Crippen molar-refractivity contribution in [2.75, 3.05) is 12.4 Å². The molecule has 1 amide bonds. The van der Waals surface area contributed by atoms with Gasteiger partial charge < -0.3 is 10.1 Å². The maximum atomic E-state index is 12.9. The summed E-state index contributed by atoms with van der Waals surface area (Å²) in [6, 6.07) is 19.2. The second-order valence-electron chi connectivity index (χ2n) is 7.16. The number of pyridine rings is 1. The van der Waals surface area contributed by atoms with Gasteiger partial charge in [-0.2, -0.15) is 5.10 Å². The third-order valence-electron chi connectivity index (χ3n) is 5.13. The van der Waals surface area contributed by atoms with Gasteiger partial charge in [0.2, 0.25) is 0 Å². The zero-order valence-corrected chi connectivity index (χ0v) is 16.0. The van der Waals surface area contributed by atoms with Crippen molar-refractivity contribution >= 4 is 22.6 Å². The van der Waals surface area contributed by atoms with Crippen LogP contribution in [0.2, 0.25) is 0 Å². The van der Waals surface area contributed by atoms with Crippen molar-refractivity contribution in [3.8, 4) is 11.4 Å². The molecule has 2 heterocycles. The second-order valence-corrected chi connectivity index (χ2v) is 7.16. The van der Waals surface area contributed by atoms with Gasteiger partial charge in [-0.05, 0) is 43.2 Å². The van der Waals surface area contributed by atoms with E-state index < -0.39 is 0 Å². The number of hydrogen-bond acceptors (Lipinski definition) is 4. The van der Waals surface area contributed by atoms with E-state index in [9.17, 15) is 4.79 Å². The van der Waals surface area contributed by atoms with Gasteiger partial charge in [0.25, 0.3) is 5.91 Å². The summed E-state index contributed by atoms with van der Waals surface area (Å²) in [7, 11) is 1.58. The predicted octanol–water partition coefficient (Wildman–Crippen LogP) is 4.56. The Kier molecular flexibility index (Phi) is 4.24. The molecule has 2 aromatic carbocycles. The molecule has 0 aliphatic heterocycles. The van der Waals surface area contributed by atoms with Gasteiger partial charge in [0.15, 0.2) is 5.65 Å². The number of aromatic nitrogens is 3. The summed E-state index contributed by atoms with van der Waals surface area (Å²) in [6.07, 6.45) is 3.85. The Morgan fingerprint density at radius 1 is 1.10 bits per heavy atom. The highest BCUT2D eigenvalue weighted by atomic mass is 16.5. The van der Waals surface area contributed by atoms with Crippen molar-refractivity contribution in [3.63, 3.8) is 0 Å². The number of para-hydroxylation sites is 3. The molecule has 0 bridgehead atoms. The van der Waals surface area contributed by atoms with E-state index in [2.05, 4.69) is 10.3 Å². The molecule has 5 rings (SSSR count). The van der Waals surface area contributed by atoms with Crippen LogP contribution < -0.4 is 10.1 Å². The van der Waals surface area contributed by atoms with E-state index >= 15 is 0 Å². The van der Waals surface area contributed by atoms with Crippen LogP contribution in [0.3, 0.4) is 0 Å². The fourth-order valence-electron chi connectivity index (χ4n) is 3.50. The summed E-state index contributed by atoms with van der Waals surface area (Å²) in [5.41, 5.74) is 3.87. The van der Waals surface area contributed by atoms with Crippen LogP contribution in [0.15, 0.2) is 66.9 Å². The summed E-state index contributed by atoms with van der Waals surface area (Å²) in [6.45, 7) is 0. The lowest BCUT2D eigenvalue weighted by molar-refractivity contribution is 0.102. The number of methoxy groups -OCH3 is 1. The molecular weight excluding hydrogens is 364 g/mol. The van der Waals surface area contributed by atoms with Crippen molar-refractivity contribution in [2.45, 2.75) is 18.8 Å². The second kappa shape index (κ2) is 7.05. The van der Waals surface area contributed by atoms with E-state index in [1.165, 1.54) is 0 Å². The van der Waals surface area contributed by atoms with Gasteiger partial charge in [0.1, 0.15) is 5.75 Å². The molecule has 0 atom stereocenters. The Balaban J connectivity index is 1.55. The predicted molar refractivity (Wildman–Crippen MR) is 112 cm³/mol. The van der Waals surface area contributed by atoms with E-state index in [-0.39, 0.29) is 5.91 Å². The van der Waals surface area contributed by atoms with E-state index in [4.69, 9.17) is 9.84 Å². The highest BCUT2D eigenvalue weighted by Crippen LogP contribution is 2.42. The number of carbonyl (C=O) groups excluding carboxylic acids is 1. The minimum atomic E-state index is -0.224. The third-order valence-corrected chi connectivity index (χ3v) is 5.13. The van der Waals surface area contributed by atoms with Crippen molar-refractivity contribution in [1.82, 2.24) is 14.8 Å². The number of rotatable bonds is 5. The Labute approximate surface area is 168 Å². The molecule has 0 unspecified atom stereocenters. The monoisotopic (exact) mass is 384 g/mol. The Morgan fingerprint density at radius 3 is 2.62 bits per heavy atom. The van der Waals surface area contributed by atoms with Gasteiger partial charge in [-0.1, -0.05) is 30.3 Å². The van der Waals surface area contributed by atoms with Gasteiger partial charge in [-0.3, -0.25) is 4.79 Å². The molecule has 0 radical (unpaired) electrons. The summed E-state index contributed by atoms with van der Waals surface area (Å²) < 4.78 is 7.19. The van der Waals surface area contributed by atoms with Crippen molar-refractivity contribution in [2.24, 2.45) is 0 Å². The Morgan fingerprint density at radius 2 is 1.86 bits per heavy atom. The smallest absolute Gasteiger partial charge is 0.257 e. The van der Waals surface area contributed by atoms with Gasteiger partial charge in [0, 0.05) is 17.5 Å². The minimum Gasteiger partial charge on any atom is -0.495 e. The third kappa shape index (κ3) is 3.23. The van der Waals surface area contributed by atoms with Gasteiger partial charge in [0.05, 0.1) is 29.7 Å². The van der Waals surface area contributed by atoms with Crippen LogP contribution in [-0.4, -0.2) is 27.8 Å². The van der Waals surface area contributed by atoms with E-state index in [1.807, 2.05) is 65.3 Å². The van der Waals surface area contributed by atoms with Gasteiger partial charge >= 0.3 is 0 Å². The quantitative estimate of drug-likeness (QED) is 0.548. The molecule has 1 saturated carbocycles. The van der Waals surface area contributed by atoms with Crippen LogP contribution in [0, 0.1) is 0 Å². The molecule has 2 aromatic heterocycles. The molecule has 1 aliphatic carbocycles. The standard InChI is InChI=1S/C23H20N4O2/c1-29-20-10-6-5-9-19(20)25-23(28)16-13-18-21(15-11-12-15)26-27(22(18)24-14-16)17-7-3-2-4-8-17/h2-10,13-15H,11-12H2,1H3,(H,25,28). The first-order valence-electron chi connectivity index (χ1n) is 9.63. The number of fused-ring (bicyclic) bond motifs is 1. The number of amides is 1. The Bertz CT molecular complexity index is 1200. The van der Waals surface area contributed by atoms with Crippen LogP contribution in [0.4, 0.5) is 5.69 Å². The largest absolute Gasteiger partial charge is 0.495 e. The van der Waals surface area contributed by atoms with Crippen molar-refractivity contribution in [1.29, 1.82) is 0 Å². The molecule has 29 heavy (non-hydrogen) atoms. The lowest BCUT2D eigenvalue weighted by Crippen LogP contribution is -2.13. The van der Waals surface area contributed by atoms with Crippen LogP contribution in [0.1, 0.15) is 34.8 Å². The maximum Gasteiger partial charge on any atom is 0.257 e. The van der Waals surface area contributed by atoms with E-state index in [0.29, 0.717) is 22.9 Å². The molecule has 1 fully saturated rings. The number of nitrogens with zero attached hydrogens (tertiary/aromatic N) is 3. The lowest BCUT2D eigenvalue weighted by Gasteiger charge is -2.10. The van der Waals surface area contributed by atoms with E-state index in [0.717, 1.165) is 35.3 Å². The molecule has 1 N–H and O–H groups in total. The maximum absolute atomic E-state index is 12.9. The minimum absolute atomic E-state index is 0.224. The molecule has 0 saturated heterocycles. The Hall–Kier alpha value is -3.67. The average molecular weight is 384 g/mol. The molecule has 1 aliphatic rings.